The highest BCUT2D eigenvalue weighted by Crippen LogP contribution is 2.13. The lowest BCUT2D eigenvalue weighted by Gasteiger charge is -2.17. The molecule has 0 spiro atoms. The zero-order valence-corrected chi connectivity index (χ0v) is 8.07. The maximum atomic E-state index is 8.58. The molecule has 0 bridgehead atoms. The van der Waals surface area contributed by atoms with Crippen molar-refractivity contribution in [3.8, 4) is 12.1 Å². The van der Waals surface area contributed by atoms with E-state index in [-0.39, 0.29) is 13.1 Å². The van der Waals surface area contributed by atoms with Gasteiger partial charge in [-0.05, 0) is 19.1 Å². The molecule has 1 aromatic carbocycles. The summed E-state index contributed by atoms with van der Waals surface area (Å²) in [4.78, 5) is 1.74. The maximum Gasteiger partial charge on any atom is 0.106 e. The Kier molecular flexibility index (Phi) is 3.52. The Hall–Kier alpha value is -2.00. The summed E-state index contributed by atoms with van der Waals surface area (Å²) >= 11 is 0. The summed E-state index contributed by atoms with van der Waals surface area (Å²) in [6.45, 7) is 2.50. The molecule has 3 nitrogen and oxygen atoms in total. The number of rotatable bonds is 3. The van der Waals surface area contributed by atoms with Gasteiger partial charge < -0.3 is 4.90 Å². The van der Waals surface area contributed by atoms with Crippen molar-refractivity contribution in [1.82, 2.24) is 0 Å². The van der Waals surface area contributed by atoms with Crippen molar-refractivity contribution in [2.75, 3.05) is 18.0 Å². The van der Waals surface area contributed by atoms with Crippen molar-refractivity contribution in [1.29, 1.82) is 10.5 Å². The molecule has 0 unspecified atom stereocenters. The Morgan fingerprint density at radius 2 is 1.57 bits per heavy atom. The summed E-state index contributed by atoms with van der Waals surface area (Å²) in [5.74, 6) is 0. The molecule has 70 valence electrons. The summed E-state index contributed by atoms with van der Waals surface area (Å²) in [6, 6.07) is 11.9. The minimum Gasteiger partial charge on any atom is -0.345 e. The number of hydrogen-bond acceptors (Lipinski definition) is 3. The molecule has 0 aliphatic carbocycles. The van der Waals surface area contributed by atoms with Crippen LogP contribution in [0.3, 0.4) is 0 Å². The molecule has 0 saturated carbocycles. The minimum absolute atomic E-state index is 0.247. The molecule has 0 aliphatic rings. The van der Waals surface area contributed by atoms with Crippen molar-refractivity contribution in [3.05, 3.63) is 29.8 Å². The van der Waals surface area contributed by atoms with Crippen molar-refractivity contribution in [2.45, 2.75) is 6.92 Å². The van der Waals surface area contributed by atoms with Gasteiger partial charge in [-0.2, -0.15) is 10.5 Å². The highest BCUT2D eigenvalue weighted by atomic mass is 15.1. The van der Waals surface area contributed by atoms with E-state index in [1.807, 2.05) is 43.3 Å². The second-order valence-electron chi connectivity index (χ2n) is 3.01. The van der Waals surface area contributed by atoms with Crippen LogP contribution in [-0.2, 0) is 0 Å². The quantitative estimate of drug-likeness (QED) is 0.675. The van der Waals surface area contributed by atoms with Crippen LogP contribution >= 0.6 is 0 Å². The zero-order chi connectivity index (χ0) is 10.4. The lowest BCUT2D eigenvalue weighted by Crippen LogP contribution is -2.23. The van der Waals surface area contributed by atoms with Gasteiger partial charge in [0.15, 0.2) is 0 Å². The molecule has 0 amide bonds. The third kappa shape index (κ3) is 2.50. The van der Waals surface area contributed by atoms with Crippen molar-refractivity contribution in [3.63, 3.8) is 0 Å². The number of aryl methyl sites for hydroxylation is 1. The molecule has 0 atom stereocenters. The van der Waals surface area contributed by atoms with Gasteiger partial charge in [-0.25, -0.2) is 0 Å². The lowest BCUT2D eigenvalue weighted by atomic mass is 10.2. The monoisotopic (exact) mass is 185 g/mol. The number of benzene rings is 1. The summed E-state index contributed by atoms with van der Waals surface area (Å²) in [5, 5.41) is 17.2. The van der Waals surface area contributed by atoms with E-state index in [1.54, 1.807) is 4.90 Å². The van der Waals surface area contributed by atoms with Crippen LogP contribution in [-0.4, -0.2) is 13.1 Å². The van der Waals surface area contributed by atoms with Crippen LogP contribution in [0.4, 0.5) is 5.69 Å². The second-order valence-corrected chi connectivity index (χ2v) is 3.01. The first-order valence-electron chi connectivity index (χ1n) is 4.33. The highest BCUT2D eigenvalue weighted by Gasteiger charge is 2.03. The van der Waals surface area contributed by atoms with E-state index >= 15 is 0 Å². The molecule has 0 aromatic heterocycles. The van der Waals surface area contributed by atoms with Crippen LogP contribution in [0.5, 0.6) is 0 Å². The molecule has 0 aliphatic heterocycles. The molecule has 0 radical (unpaired) electrons. The first-order chi connectivity index (χ1) is 6.77. The fourth-order valence-electron chi connectivity index (χ4n) is 1.16. The fraction of sp³-hybridized carbons (Fsp3) is 0.273. The van der Waals surface area contributed by atoms with Gasteiger partial charge in [-0.15, -0.1) is 0 Å². The molecule has 3 heteroatoms. The average Bonchev–Trinajstić information content (AvgIpc) is 2.19. The third-order valence-corrected chi connectivity index (χ3v) is 1.92. The van der Waals surface area contributed by atoms with E-state index in [0.717, 1.165) is 5.69 Å². The largest absolute Gasteiger partial charge is 0.345 e. The van der Waals surface area contributed by atoms with Gasteiger partial charge >= 0.3 is 0 Å². The number of nitriles is 2. The standard InChI is InChI=1S/C11H11N3/c1-10-2-4-11(5-3-10)14(8-6-12)9-7-13/h2-5H,8-9H2,1H3. The van der Waals surface area contributed by atoms with E-state index in [4.69, 9.17) is 10.5 Å². The number of hydrogen-bond donors (Lipinski definition) is 0. The summed E-state index contributed by atoms with van der Waals surface area (Å²) in [5.41, 5.74) is 2.08. The maximum absolute atomic E-state index is 8.58. The molecular weight excluding hydrogens is 174 g/mol. The topological polar surface area (TPSA) is 50.8 Å². The molecule has 0 N–H and O–H groups in total. The highest BCUT2D eigenvalue weighted by molar-refractivity contribution is 5.49. The molecule has 1 rings (SSSR count). The van der Waals surface area contributed by atoms with Crippen LogP contribution in [0, 0.1) is 29.6 Å². The van der Waals surface area contributed by atoms with Crippen molar-refractivity contribution < 1.29 is 0 Å². The van der Waals surface area contributed by atoms with Crippen LogP contribution in [0.2, 0.25) is 0 Å². The number of nitrogens with zero attached hydrogens (tertiary/aromatic N) is 3. The molecule has 0 saturated heterocycles. The van der Waals surface area contributed by atoms with Gasteiger partial charge in [0.2, 0.25) is 0 Å². The van der Waals surface area contributed by atoms with Gasteiger partial charge in [0, 0.05) is 5.69 Å². The second kappa shape index (κ2) is 4.89. The first kappa shape index (κ1) is 10.1. The van der Waals surface area contributed by atoms with E-state index < -0.39 is 0 Å². The van der Waals surface area contributed by atoms with Crippen LogP contribution in [0.25, 0.3) is 0 Å². The summed E-state index contributed by atoms with van der Waals surface area (Å²) in [6.07, 6.45) is 0. The van der Waals surface area contributed by atoms with Crippen LogP contribution in [0.15, 0.2) is 24.3 Å². The van der Waals surface area contributed by atoms with Crippen LogP contribution in [0.1, 0.15) is 5.56 Å². The Balaban J connectivity index is 2.84. The normalized spacial score (nSPS) is 8.79. The first-order valence-corrected chi connectivity index (χ1v) is 4.33. The van der Waals surface area contributed by atoms with Gasteiger partial charge in [0.25, 0.3) is 0 Å². The average molecular weight is 185 g/mol. The smallest absolute Gasteiger partial charge is 0.106 e. The molecule has 0 fully saturated rings. The summed E-state index contributed by atoms with van der Waals surface area (Å²) in [7, 11) is 0. The lowest BCUT2D eigenvalue weighted by molar-refractivity contribution is 0.966. The Bertz CT molecular complexity index is 351. The van der Waals surface area contributed by atoms with E-state index in [0.29, 0.717) is 0 Å². The van der Waals surface area contributed by atoms with Gasteiger partial charge in [0.1, 0.15) is 13.1 Å². The van der Waals surface area contributed by atoms with Gasteiger partial charge in [0.05, 0.1) is 12.1 Å². The third-order valence-electron chi connectivity index (χ3n) is 1.92. The predicted molar refractivity (Wildman–Crippen MR) is 54.6 cm³/mol. The fourth-order valence-corrected chi connectivity index (χ4v) is 1.16. The zero-order valence-electron chi connectivity index (χ0n) is 8.07. The summed E-state index contributed by atoms with van der Waals surface area (Å²) < 4.78 is 0. The van der Waals surface area contributed by atoms with Crippen LogP contribution < -0.4 is 4.90 Å². The Morgan fingerprint density at radius 1 is 1.07 bits per heavy atom. The van der Waals surface area contributed by atoms with E-state index in [9.17, 15) is 0 Å². The Morgan fingerprint density at radius 3 is 2.00 bits per heavy atom. The molecular formula is C11H11N3. The van der Waals surface area contributed by atoms with Gasteiger partial charge in [-0.3, -0.25) is 0 Å². The molecule has 14 heavy (non-hydrogen) atoms. The van der Waals surface area contributed by atoms with E-state index in [2.05, 4.69) is 0 Å². The number of anilines is 1. The minimum atomic E-state index is 0.247. The Labute approximate surface area is 83.8 Å². The molecule has 0 heterocycles. The SMILES string of the molecule is Cc1ccc(N(CC#N)CC#N)cc1. The van der Waals surface area contributed by atoms with Crippen molar-refractivity contribution >= 4 is 5.69 Å². The molecule has 1 aromatic rings. The van der Waals surface area contributed by atoms with Gasteiger partial charge in [-0.1, -0.05) is 17.7 Å². The predicted octanol–water partition coefficient (Wildman–Crippen LogP) is 1.85. The van der Waals surface area contributed by atoms with Crippen molar-refractivity contribution in [2.24, 2.45) is 0 Å². The van der Waals surface area contributed by atoms with E-state index in [1.165, 1.54) is 5.56 Å².